The molecule has 0 spiro atoms. The molecule has 2 atom stereocenters. The fourth-order valence-electron chi connectivity index (χ4n) is 4.97. The molecule has 1 N–H and O–H groups in total. The Morgan fingerprint density at radius 1 is 0.971 bits per heavy atom. The molecule has 1 saturated heterocycles. The average Bonchev–Trinajstić information content (AvgIpc) is 3.35. The minimum Gasteiger partial charge on any atom is -0.497 e. The molecule has 4 aromatic rings. The third kappa shape index (κ3) is 4.28. The van der Waals surface area contributed by atoms with Crippen molar-refractivity contribution in [3.8, 4) is 11.6 Å². The number of thiocarbonyl (C=S) groups is 1. The van der Waals surface area contributed by atoms with Gasteiger partial charge in [-0.2, -0.15) is 0 Å². The van der Waals surface area contributed by atoms with Gasteiger partial charge in [-0.3, -0.25) is 4.98 Å². The zero-order valence-corrected chi connectivity index (χ0v) is 21.2. The third-order valence-corrected chi connectivity index (χ3v) is 7.04. The van der Waals surface area contributed by atoms with Crippen molar-refractivity contribution < 1.29 is 4.74 Å². The molecule has 7 heteroatoms. The first-order valence-corrected chi connectivity index (χ1v) is 12.1. The Kier molecular flexibility index (Phi) is 6.26. The fraction of sp³-hybridized carbons (Fsp3) is 0.250. The highest BCUT2D eigenvalue weighted by Crippen LogP contribution is 2.42. The normalized spacial score (nSPS) is 17.5. The van der Waals surface area contributed by atoms with Crippen molar-refractivity contribution in [1.82, 2.24) is 24.8 Å². The van der Waals surface area contributed by atoms with E-state index >= 15 is 0 Å². The molecular formula is C28H29N5OS. The molecule has 0 saturated carbocycles. The maximum absolute atomic E-state index is 5.88. The predicted molar refractivity (Wildman–Crippen MR) is 142 cm³/mol. The summed E-state index contributed by atoms with van der Waals surface area (Å²) in [6.45, 7) is 7.07. The number of nitrogens with zero attached hydrogens (tertiary/aromatic N) is 4. The average molecular weight is 484 g/mol. The van der Waals surface area contributed by atoms with Gasteiger partial charge in [0.2, 0.25) is 0 Å². The van der Waals surface area contributed by atoms with Crippen molar-refractivity contribution in [3.63, 3.8) is 0 Å². The molecule has 6 nitrogen and oxygen atoms in total. The van der Waals surface area contributed by atoms with Crippen LogP contribution in [0.2, 0.25) is 0 Å². The van der Waals surface area contributed by atoms with Crippen molar-refractivity contribution in [2.75, 3.05) is 7.11 Å². The molecule has 1 aliphatic rings. The number of benzene rings is 1. The number of aromatic nitrogens is 3. The lowest BCUT2D eigenvalue weighted by molar-refractivity contribution is 0.310. The minimum absolute atomic E-state index is 0.0246. The van der Waals surface area contributed by atoms with Crippen LogP contribution in [0.1, 0.15) is 45.9 Å². The van der Waals surface area contributed by atoms with Gasteiger partial charge in [-0.1, -0.05) is 24.3 Å². The number of hydrogen-bond donors (Lipinski definition) is 1. The number of ether oxygens (including phenoxy) is 1. The molecule has 0 aliphatic carbocycles. The van der Waals surface area contributed by atoms with Gasteiger partial charge in [0.05, 0.1) is 24.9 Å². The molecule has 4 heterocycles. The van der Waals surface area contributed by atoms with E-state index in [1.165, 1.54) is 5.56 Å². The lowest BCUT2D eigenvalue weighted by Crippen LogP contribution is -2.29. The summed E-state index contributed by atoms with van der Waals surface area (Å²) in [5, 5.41) is 4.29. The summed E-state index contributed by atoms with van der Waals surface area (Å²) < 4.78 is 7.58. The molecule has 0 amide bonds. The second-order valence-electron chi connectivity index (χ2n) is 8.91. The SMILES string of the molecule is COc1ccc(CN2C(=S)N[C@H](c3ccccn3)[C@H]2c2cc(C)n(-c3ncccc3C)c2C)cc1. The highest BCUT2D eigenvalue weighted by Gasteiger charge is 2.41. The Balaban J connectivity index is 1.60. The number of aryl methyl sites for hydroxylation is 2. The van der Waals surface area contributed by atoms with Gasteiger partial charge in [0, 0.05) is 30.3 Å². The van der Waals surface area contributed by atoms with E-state index in [2.05, 4.69) is 75.9 Å². The lowest BCUT2D eigenvalue weighted by Gasteiger charge is -2.28. The molecule has 0 radical (unpaired) electrons. The number of nitrogens with one attached hydrogen (secondary N) is 1. The van der Waals surface area contributed by atoms with E-state index < -0.39 is 0 Å². The Morgan fingerprint density at radius 3 is 2.43 bits per heavy atom. The van der Waals surface area contributed by atoms with E-state index in [0.29, 0.717) is 6.54 Å². The van der Waals surface area contributed by atoms with Crippen LogP contribution in [0.5, 0.6) is 5.75 Å². The minimum atomic E-state index is -0.0688. The smallest absolute Gasteiger partial charge is 0.170 e. The second-order valence-corrected chi connectivity index (χ2v) is 9.30. The van der Waals surface area contributed by atoms with Gasteiger partial charge in [-0.15, -0.1) is 0 Å². The summed E-state index contributed by atoms with van der Waals surface area (Å²) in [6.07, 6.45) is 3.68. The Hall–Kier alpha value is -3.71. The highest BCUT2D eigenvalue weighted by molar-refractivity contribution is 7.80. The Labute approximate surface area is 211 Å². The van der Waals surface area contributed by atoms with Crippen LogP contribution in [0.4, 0.5) is 0 Å². The van der Waals surface area contributed by atoms with Gasteiger partial charge in [-0.25, -0.2) is 4.98 Å². The summed E-state index contributed by atoms with van der Waals surface area (Å²) in [6, 6.07) is 20.4. The fourth-order valence-corrected chi connectivity index (χ4v) is 5.27. The Bertz CT molecular complexity index is 1350. The molecule has 0 bridgehead atoms. The third-order valence-electron chi connectivity index (χ3n) is 6.69. The molecule has 1 aliphatic heterocycles. The quantitative estimate of drug-likeness (QED) is 0.372. The van der Waals surface area contributed by atoms with Crippen LogP contribution in [0.3, 0.4) is 0 Å². The lowest BCUT2D eigenvalue weighted by atomic mass is 9.96. The maximum Gasteiger partial charge on any atom is 0.170 e. The second kappa shape index (κ2) is 9.50. The molecule has 5 rings (SSSR count). The van der Waals surface area contributed by atoms with Gasteiger partial charge >= 0.3 is 0 Å². The van der Waals surface area contributed by atoms with Gasteiger partial charge in [-0.05, 0) is 86.1 Å². The van der Waals surface area contributed by atoms with Crippen molar-refractivity contribution in [2.45, 2.75) is 39.4 Å². The molecule has 178 valence electrons. The van der Waals surface area contributed by atoms with E-state index in [4.69, 9.17) is 17.0 Å². The summed E-state index contributed by atoms with van der Waals surface area (Å²) in [7, 11) is 1.68. The van der Waals surface area contributed by atoms with Gasteiger partial charge < -0.3 is 19.5 Å². The number of pyridine rings is 2. The first-order valence-electron chi connectivity index (χ1n) is 11.7. The molecule has 3 aromatic heterocycles. The van der Waals surface area contributed by atoms with Crippen LogP contribution in [0, 0.1) is 20.8 Å². The van der Waals surface area contributed by atoms with Crippen molar-refractivity contribution in [2.24, 2.45) is 0 Å². The number of methoxy groups -OCH3 is 1. The van der Waals surface area contributed by atoms with Crippen LogP contribution in [-0.2, 0) is 6.54 Å². The zero-order chi connectivity index (χ0) is 24.5. The first kappa shape index (κ1) is 23.1. The Morgan fingerprint density at radius 2 is 1.74 bits per heavy atom. The largest absolute Gasteiger partial charge is 0.497 e. The van der Waals surface area contributed by atoms with Crippen LogP contribution in [0.25, 0.3) is 5.82 Å². The van der Waals surface area contributed by atoms with Crippen LogP contribution < -0.4 is 10.1 Å². The summed E-state index contributed by atoms with van der Waals surface area (Å²) >= 11 is 5.88. The molecular weight excluding hydrogens is 454 g/mol. The van der Waals surface area contributed by atoms with Crippen molar-refractivity contribution in [3.05, 3.63) is 107 Å². The van der Waals surface area contributed by atoms with Crippen LogP contribution >= 0.6 is 12.2 Å². The molecule has 35 heavy (non-hydrogen) atoms. The van der Waals surface area contributed by atoms with Crippen LogP contribution in [-0.4, -0.2) is 31.7 Å². The van der Waals surface area contributed by atoms with Gasteiger partial charge in [0.15, 0.2) is 5.11 Å². The van der Waals surface area contributed by atoms with Gasteiger partial charge in [0.1, 0.15) is 11.6 Å². The van der Waals surface area contributed by atoms with Crippen LogP contribution in [0.15, 0.2) is 73.1 Å². The monoisotopic (exact) mass is 483 g/mol. The molecule has 0 unspecified atom stereocenters. The number of rotatable bonds is 6. The predicted octanol–water partition coefficient (Wildman–Crippen LogP) is 5.37. The maximum atomic E-state index is 5.88. The number of hydrogen-bond acceptors (Lipinski definition) is 4. The van der Waals surface area contributed by atoms with E-state index in [0.717, 1.165) is 44.9 Å². The first-order chi connectivity index (χ1) is 17.0. The van der Waals surface area contributed by atoms with E-state index in [1.807, 2.05) is 42.7 Å². The standard InChI is InChI=1S/C28H29N5OS/c1-18-8-7-15-30-27(18)33-19(2)16-23(20(33)3)26-25(24-9-5-6-14-29-24)31-28(35)32(26)17-21-10-12-22(34-4)13-11-21/h5-16,25-26H,17H2,1-4H3,(H,31,35)/t25-,26-/m1/s1. The highest BCUT2D eigenvalue weighted by atomic mass is 32.1. The summed E-state index contributed by atoms with van der Waals surface area (Å²) in [4.78, 5) is 11.6. The van der Waals surface area contributed by atoms with E-state index in [1.54, 1.807) is 7.11 Å². The van der Waals surface area contributed by atoms with Gasteiger partial charge in [0.25, 0.3) is 0 Å². The van der Waals surface area contributed by atoms with E-state index in [-0.39, 0.29) is 12.1 Å². The summed E-state index contributed by atoms with van der Waals surface area (Å²) in [5.41, 5.74) is 6.77. The molecule has 1 fully saturated rings. The summed E-state index contributed by atoms with van der Waals surface area (Å²) in [5.74, 6) is 1.80. The van der Waals surface area contributed by atoms with Crippen molar-refractivity contribution >= 4 is 17.3 Å². The van der Waals surface area contributed by atoms with E-state index in [9.17, 15) is 0 Å². The topological polar surface area (TPSA) is 55.2 Å². The zero-order valence-electron chi connectivity index (χ0n) is 20.4. The van der Waals surface area contributed by atoms with Crippen molar-refractivity contribution in [1.29, 1.82) is 0 Å². The molecule has 1 aromatic carbocycles.